The van der Waals surface area contributed by atoms with Crippen molar-refractivity contribution in [1.29, 1.82) is 0 Å². The van der Waals surface area contributed by atoms with Gasteiger partial charge in [0.1, 0.15) is 21.5 Å². The van der Waals surface area contributed by atoms with Gasteiger partial charge in [0.25, 0.3) is 11.5 Å². The predicted molar refractivity (Wildman–Crippen MR) is 118 cm³/mol. The Balaban J connectivity index is 1.83. The first kappa shape index (κ1) is 19.4. The highest BCUT2D eigenvalue weighted by Gasteiger charge is 2.31. The van der Waals surface area contributed by atoms with E-state index in [2.05, 4.69) is 10.3 Å². The molecule has 1 N–H and O–H groups in total. The van der Waals surface area contributed by atoms with Crippen LogP contribution in [-0.2, 0) is 11.3 Å². The van der Waals surface area contributed by atoms with E-state index in [1.54, 1.807) is 30.7 Å². The van der Waals surface area contributed by atoms with E-state index in [1.165, 1.54) is 21.1 Å². The lowest BCUT2D eigenvalue weighted by Gasteiger charge is -2.11. The van der Waals surface area contributed by atoms with Crippen LogP contribution < -0.4 is 10.9 Å². The van der Waals surface area contributed by atoms with Crippen LogP contribution in [0.2, 0.25) is 0 Å². The number of amides is 1. The van der Waals surface area contributed by atoms with E-state index in [-0.39, 0.29) is 11.5 Å². The zero-order chi connectivity index (χ0) is 20.5. The predicted octanol–water partition coefficient (Wildman–Crippen LogP) is 3.43. The summed E-state index contributed by atoms with van der Waals surface area (Å²) in [6, 6.07) is 7.30. The van der Waals surface area contributed by atoms with Crippen molar-refractivity contribution >= 4 is 51.7 Å². The quantitative estimate of drug-likeness (QED) is 0.495. The molecule has 0 unspecified atom stereocenters. The Bertz CT molecular complexity index is 1200. The number of fused-ring (bicyclic) bond motifs is 1. The number of anilines is 1. The summed E-state index contributed by atoms with van der Waals surface area (Å²) in [7, 11) is 0. The maximum atomic E-state index is 13.2. The van der Waals surface area contributed by atoms with Crippen molar-refractivity contribution in [1.82, 2.24) is 14.3 Å². The lowest BCUT2D eigenvalue weighted by molar-refractivity contribution is -0.121. The molecule has 148 valence electrons. The minimum Gasteiger partial charge on any atom is -0.467 e. The van der Waals surface area contributed by atoms with Crippen molar-refractivity contribution in [3.8, 4) is 0 Å². The Hall–Kier alpha value is -2.91. The minimum atomic E-state index is -0.262. The highest BCUT2D eigenvalue weighted by molar-refractivity contribution is 8.26. The van der Waals surface area contributed by atoms with E-state index in [1.807, 2.05) is 26.0 Å². The summed E-state index contributed by atoms with van der Waals surface area (Å²) in [5.41, 5.74) is 1.49. The van der Waals surface area contributed by atoms with E-state index >= 15 is 0 Å². The second-order valence-electron chi connectivity index (χ2n) is 6.47. The van der Waals surface area contributed by atoms with Crippen LogP contribution in [0.1, 0.15) is 23.8 Å². The Morgan fingerprint density at radius 3 is 2.83 bits per heavy atom. The molecule has 1 fully saturated rings. The maximum absolute atomic E-state index is 13.2. The third-order valence-electron chi connectivity index (χ3n) is 4.48. The number of thiocarbonyl (C=S) groups is 1. The summed E-state index contributed by atoms with van der Waals surface area (Å²) < 4.78 is 7.32. The van der Waals surface area contributed by atoms with Gasteiger partial charge in [0, 0.05) is 12.7 Å². The summed E-state index contributed by atoms with van der Waals surface area (Å²) in [5, 5.41) is 3.16. The first-order valence-corrected chi connectivity index (χ1v) is 10.2. The normalized spacial score (nSPS) is 15.7. The van der Waals surface area contributed by atoms with E-state index in [9.17, 15) is 9.59 Å². The number of carbonyl (C=O) groups excluding carboxylic acids is 1. The van der Waals surface area contributed by atoms with Crippen LogP contribution in [0.5, 0.6) is 0 Å². The van der Waals surface area contributed by atoms with Crippen molar-refractivity contribution in [3.05, 3.63) is 68.9 Å². The fourth-order valence-electron chi connectivity index (χ4n) is 3.01. The first-order chi connectivity index (χ1) is 14.0. The fraction of sp³-hybridized carbons (Fsp3) is 0.200. The zero-order valence-corrected chi connectivity index (χ0v) is 17.5. The molecule has 7 nitrogen and oxygen atoms in total. The van der Waals surface area contributed by atoms with Crippen LogP contribution in [0.4, 0.5) is 5.82 Å². The molecule has 0 atom stereocenters. The molecular weight excluding hydrogens is 408 g/mol. The number of nitrogens with zero attached hydrogens (tertiary/aromatic N) is 3. The highest BCUT2D eigenvalue weighted by Crippen LogP contribution is 2.32. The van der Waals surface area contributed by atoms with Gasteiger partial charge in [-0.1, -0.05) is 30.0 Å². The second-order valence-corrected chi connectivity index (χ2v) is 8.15. The smallest absolute Gasteiger partial charge is 0.267 e. The largest absolute Gasteiger partial charge is 0.467 e. The van der Waals surface area contributed by atoms with Crippen molar-refractivity contribution in [2.75, 3.05) is 11.9 Å². The molecule has 29 heavy (non-hydrogen) atoms. The second kappa shape index (κ2) is 7.84. The van der Waals surface area contributed by atoms with Gasteiger partial charge in [0.15, 0.2) is 0 Å². The molecule has 1 saturated heterocycles. The molecule has 0 saturated carbocycles. The van der Waals surface area contributed by atoms with Crippen LogP contribution in [0.25, 0.3) is 11.7 Å². The molecule has 0 bridgehead atoms. The molecule has 0 aliphatic carbocycles. The van der Waals surface area contributed by atoms with Crippen LogP contribution in [0.15, 0.2) is 50.8 Å². The number of likely N-dealkylation sites (N-methyl/N-ethyl adjacent to an activating group) is 1. The van der Waals surface area contributed by atoms with Gasteiger partial charge in [-0.2, -0.15) is 0 Å². The number of carbonyl (C=O) groups is 1. The number of rotatable bonds is 5. The topological polar surface area (TPSA) is 79.8 Å². The molecule has 1 aliphatic rings. The number of hydrogen-bond acceptors (Lipinski definition) is 7. The van der Waals surface area contributed by atoms with Gasteiger partial charge in [-0.05, 0) is 43.7 Å². The van der Waals surface area contributed by atoms with Gasteiger partial charge in [-0.25, -0.2) is 4.98 Å². The van der Waals surface area contributed by atoms with Crippen LogP contribution in [0.3, 0.4) is 0 Å². The van der Waals surface area contributed by atoms with Gasteiger partial charge >= 0.3 is 0 Å². The maximum Gasteiger partial charge on any atom is 0.267 e. The molecule has 9 heteroatoms. The molecular formula is C20H18N4O3S2. The molecule has 1 aliphatic heterocycles. The Morgan fingerprint density at radius 1 is 1.31 bits per heavy atom. The number of nitrogens with one attached hydrogen (secondary N) is 1. The van der Waals surface area contributed by atoms with E-state index < -0.39 is 0 Å². The number of thioether (sulfide) groups is 1. The molecule has 3 aromatic rings. The number of aryl methyl sites for hydroxylation is 1. The zero-order valence-electron chi connectivity index (χ0n) is 15.8. The molecule has 4 heterocycles. The van der Waals surface area contributed by atoms with Crippen molar-refractivity contribution in [2.45, 2.75) is 20.4 Å². The summed E-state index contributed by atoms with van der Waals surface area (Å²) in [6.45, 7) is 4.61. The average Bonchev–Trinajstić information content (AvgIpc) is 3.31. The Morgan fingerprint density at radius 2 is 2.14 bits per heavy atom. The average molecular weight is 427 g/mol. The number of aromatic nitrogens is 2. The van der Waals surface area contributed by atoms with Crippen molar-refractivity contribution < 1.29 is 9.21 Å². The van der Waals surface area contributed by atoms with Crippen LogP contribution in [0, 0.1) is 6.92 Å². The minimum absolute atomic E-state index is 0.201. The van der Waals surface area contributed by atoms with E-state index in [0.29, 0.717) is 45.1 Å². The Kier molecular flexibility index (Phi) is 5.25. The van der Waals surface area contributed by atoms with Crippen molar-refractivity contribution in [2.24, 2.45) is 0 Å². The summed E-state index contributed by atoms with van der Waals surface area (Å²) in [5.74, 6) is 0.893. The summed E-state index contributed by atoms with van der Waals surface area (Å²) in [4.78, 5) is 32.4. The van der Waals surface area contributed by atoms with Gasteiger partial charge in [0.2, 0.25) is 0 Å². The molecule has 0 spiro atoms. The summed E-state index contributed by atoms with van der Waals surface area (Å²) in [6.07, 6.45) is 4.89. The first-order valence-electron chi connectivity index (χ1n) is 9.02. The van der Waals surface area contributed by atoms with Crippen LogP contribution >= 0.6 is 24.0 Å². The van der Waals surface area contributed by atoms with E-state index in [0.717, 1.165) is 5.56 Å². The highest BCUT2D eigenvalue weighted by atomic mass is 32.2. The fourth-order valence-corrected chi connectivity index (χ4v) is 4.38. The van der Waals surface area contributed by atoms with Gasteiger partial charge in [-0.15, -0.1) is 0 Å². The number of furan rings is 1. The number of hydrogen-bond donors (Lipinski definition) is 1. The monoisotopic (exact) mass is 426 g/mol. The SMILES string of the molecule is CCN1C(=O)/C(=C\c2c(NCc3ccco3)nc3ccc(C)cn3c2=O)SC1=S. The van der Waals surface area contributed by atoms with Crippen molar-refractivity contribution in [3.63, 3.8) is 0 Å². The lowest BCUT2D eigenvalue weighted by Crippen LogP contribution is -2.27. The molecule has 0 radical (unpaired) electrons. The Labute approximate surface area is 176 Å². The van der Waals surface area contributed by atoms with Gasteiger partial charge in [0.05, 0.1) is 23.3 Å². The third-order valence-corrected chi connectivity index (χ3v) is 5.86. The standard InChI is InChI=1S/C20H18N4O3S2/c1-3-23-19(26)15(29-20(23)28)9-14-17(21-10-13-5-4-8-27-13)22-16-7-6-12(2)11-24(16)18(14)25/h4-9,11,21H,3,10H2,1-2H3/b15-9+. The van der Waals surface area contributed by atoms with Gasteiger partial charge < -0.3 is 9.73 Å². The summed E-state index contributed by atoms with van der Waals surface area (Å²) >= 11 is 6.46. The molecule has 0 aromatic carbocycles. The molecule has 3 aromatic heterocycles. The van der Waals surface area contributed by atoms with Gasteiger partial charge in [-0.3, -0.25) is 18.9 Å². The lowest BCUT2D eigenvalue weighted by atomic mass is 10.2. The van der Waals surface area contributed by atoms with Crippen LogP contribution in [-0.4, -0.2) is 31.1 Å². The molecule has 4 rings (SSSR count). The molecule has 1 amide bonds. The van der Waals surface area contributed by atoms with E-state index in [4.69, 9.17) is 16.6 Å². The number of pyridine rings is 1. The third kappa shape index (κ3) is 3.70.